The lowest BCUT2D eigenvalue weighted by Gasteiger charge is -2.26. The minimum Gasteiger partial charge on any atom is -0.369 e. The summed E-state index contributed by atoms with van der Waals surface area (Å²) in [6, 6.07) is 15.9. The summed E-state index contributed by atoms with van der Waals surface area (Å²) >= 11 is 0. The van der Waals surface area contributed by atoms with Crippen LogP contribution < -0.4 is 5.73 Å². The van der Waals surface area contributed by atoms with Crippen LogP contribution in [0, 0.1) is 18.3 Å². The second-order valence-electron chi connectivity index (χ2n) is 7.42. The lowest BCUT2D eigenvalue weighted by Crippen LogP contribution is -2.39. The van der Waals surface area contributed by atoms with Crippen LogP contribution in [0.2, 0.25) is 0 Å². The first kappa shape index (κ1) is 15.9. The van der Waals surface area contributed by atoms with Crippen LogP contribution in [-0.4, -0.2) is 29.3 Å². The number of primary amides is 1. The number of benzene rings is 2. The van der Waals surface area contributed by atoms with Crippen molar-refractivity contribution in [3.05, 3.63) is 59.7 Å². The molecule has 4 nitrogen and oxygen atoms in total. The molecule has 4 heteroatoms. The predicted octanol–water partition coefficient (Wildman–Crippen LogP) is 3.00. The van der Waals surface area contributed by atoms with Gasteiger partial charge in [-0.05, 0) is 43.4 Å². The van der Waals surface area contributed by atoms with Crippen LogP contribution in [0.4, 0.5) is 0 Å². The number of amides is 2. The Morgan fingerprint density at radius 2 is 1.80 bits per heavy atom. The van der Waals surface area contributed by atoms with Crippen molar-refractivity contribution in [2.24, 2.45) is 17.1 Å². The van der Waals surface area contributed by atoms with Crippen LogP contribution >= 0.6 is 0 Å². The Labute approximate surface area is 147 Å². The van der Waals surface area contributed by atoms with Gasteiger partial charge < -0.3 is 10.6 Å². The molecule has 2 aliphatic rings. The Kier molecular flexibility index (Phi) is 3.46. The Balaban J connectivity index is 1.68. The van der Waals surface area contributed by atoms with Crippen molar-refractivity contribution in [2.75, 3.05) is 6.54 Å². The summed E-state index contributed by atoms with van der Waals surface area (Å²) in [6.45, 7) is 4.51. The van der Waals surface area contributed by atoms with Gasteiger partial charge in [0.25, 0.3) is 5.91 Å². The van der Waals surface area contributed by atoms with Crippen molar-refractivity contribution < 1.29 is 9.59 Å². The van der Waals surface area contributed by atoms with Gasteiger partial charge in [0.2, 0.25) is 5.91 Å². The SMILES string of the molecule is Cc1ccc(-c2ccccc2C(=O)N2C[C@@]3(C(N)=O)C[C@@H]3[C@@H]2C)cc1. The zero-order valence-electron chi connectivity index (χ0n) is 14.5. The molecule has 1 heterocycles. The number of carbonyl (C=O) groups excluding carboxylic acids is 2. The highest BCUT2D eigenvalue weighted by Gasteiger charge is 2.68. The van der Waals surface area contributed by atoms with Crippen LogP contribution in [-0.2, 0) is 4.79 Å². The van der Waals surface area contributed by atoms with Gasteiger partial charge in [0.15, 0.2) is 0 Å². The molecule has 128 valence electrons. The molecule has 0 unspecified atom stereocenters. The number of nitrogens with two attached hydrogens (primary N) is 1. The van der Waals surface area contributed by atoms with E-state index in [1.807, 2.05) is 67.3 Å². The second-order valence-corrected chi connectivity index (χ2v) is 7.42. The van der Waals surface area contributed by atoms with E-state index in [-0.39, 0.29) is 23.8 Å². The molecule has 1 aliphatic heterocycles. The number of nitrogens with zero attached hydrogens (tertiary/aromatic N) is 1. The third kappa shape index (κ3) is 2.36. The van der Waals surface area contributed by atoms with Gasteiger partial charge >= 0.3 is 0 Å². The Bertz CT molecular complexity index is 858. The maximum absolute atomic E-state index is 13.2. The fraction of sp³-hybridized carbons (Fsp3) is 0.333. The minimum absolute atomic E-state index is 0.0171. The molecule has 1 aliphatic carbocycles. The van der Waals surface area contributed by atoms with E-state index in [0.29, 0.717) is 12.1 Å². The average Bonchev–Trinajstić information content (AvgIpc) is 3.28. The predicted molar refractivity (Wildman–Crippen MR) is 96.8 cm³/mol. The van der Waals surface area contributed by atoms with Crippen molar-refractivity contribution in [3.8, 4) is 11.1 Å². The first-order valence-electron chi connectivity index (χ1n) is 8.71. The van der Waals surface area contributed by atoms with E-state index in [1.165, 1.54) is 5.56 Å². The van der Waals surface area contributed by atoms with E-state index in [1.54, 1.807) is 0 Å². The van der Waals surface area contributed by atoms with Gasteiger partial charge in [-0.3, -0.25) is 9.59 Å². The Morgan fingerprint density at radius 1 is 1.12 bits per heavy atom. The maximum Gasteiger partial charge on any atom is 0.254 e. The molecule has 2 aromatic rings. The molecule has 3 atom stereocenters. The van der Waals surface area contributed by atoms with Crippen LogP contribution in [0.15, 0.2) is 48.5 Å². The fourth-order valence-corrected chi connectivity index (χ4v) is 4.24. The standard InChI is InChI=1S/C21H22N2O2/c1-13-7-9-15(10-8-13)16-5-3-4-6-17(16)19(24)23-12-21(20(22)25)11-18(21)14(23)2/h3-10,14,18H,11-12H2,1-2H3,(H2,22,25)/t14-,18+,21-/m0/s1. The summed E-state index contributed by atoms with van der Waals surface area (Å²) < 4.78 is 0. The molecule has 1 saturated carbocycles. The lowest BCUT2D eigenvalue weighted by atomic mass is 9.97. The molecule has 4 rings (SSSR count). The number of hydrogen-bond donors (Lipinski definition) is 1. The number of rotatable bonds is 3. The van der Waals surface area contributed by atoms with Gasteiger partial charge in [-0.25, -0.2) is 0 Å². The smallest absolute Gasteiger partial charge is 0.254 e. The molecule has 25 heavy (non-hydrogen) atoms. The number of likely N-dealkylation sites (tertiary alicyclic amines) is 1. The topological polar surface area (TPSA) is 63.4 Å². The summed E-state index contributed by atoms with van der Waals surface area (Å²) in [4.78, 5) is 26.9. The van der Waals surface area contributed by atoms with Crippen LogP contribution in [0.3, 0.4) is 0 Å². The first-order valence-corrected chi connectivity index (χ1v) is 8.71. The van der Waals surface area contributed by atoms with E-state index in [9.17, 15) is 9.59 Å². The highest BCUT2D eigenvalue weighted by molar-refractivity contribution is 6.02. The molecule has 2 fully saturated rings. The summed E-state index contributed by atoms with van der Waals surface area (Å²) in [6.07, 6.45) is 0.812. The Morgan fingerprint density at radius 3 is 2.44 bits per heavy atom. The van der Waals surface area contributed by atoms with Crippen LogP contribution in [0.1, 0.15) is 29.3 Å². The molecule has 1 saturated heterocycles. The van der Waals surface area contributed by atoms with E-state index in [0.717, 1.165) is 17.5 Å². The molecule has 2 amide bonds. The number of aryl methyl sites for hydroxylation is 1. The fourth-order valence-electron chi connectivity index (χ4n) is 4.24. The number of hydrogen-bond acceptors (Lipinski definition) is 2. The second kappa shape index (κ2) is 5.45. The summed E-state index contributed by atoms with van der Waals surface area (Å²) in [7, 11) is 0. The molecular formula is C21H22N2O2. The highest BCUT2D eigenvalue weighted by atomic mass is 16.2. The van der Waals surface area contributed by atoms with Crippen LogP contribution in [0.5, 0.6) is 0 Å². The molecule has 0 radical (unpaired) electrons. The van der Waals surface area contributed by atoms with Gasteiger partial charge in [-0.15, -0.1) is 0 Å². The van der Waals surface area contributed by atoms with Gasteiger partial charge in [-0.1, -0.05) is 48.0 Å². The van der Waals surface area contributed by atoms with E-state index < -0.39 is 5.41 Å². The quantitative estimate of drug-likeness (QED) is 0.938. The molecular weight excluding hydrogens is 312 g/mol. The van der Waals surface area contributed by atoms with E-state index >= 15 is 0 Å². The third-order valence-electron chi connectivity index (χ3n) is 5.93. The van der Waals surface area contributed by atoms with Crippen molar-refractivity contribution >= 4 is 11.8 Å². The van der Waals surface area contributed by atoms with Crippen molar-refractivity contribution in [1.82, 2.24) is 4.90 Å². The maximum atomic E-state index is 13.2. The van der Waals surface area contributed by atoms with Crippen molar-refractivity contribution in [2.45, 2.75) is 26.3 Å². The summed E-state index contributed by atoms with van der Waals surface area (Å²) in [5.74, 6) is -0.0801. The van der Waals surface area contributed by atoms with E-state index in [2.05, 4.69) is 0 Å². The van der Waals surface area contributed by atoms with Crippen LogP contribution in [0.25, 0.3) is 11.1 Å². The van der Waals surface area contributed by atoms with Gasteiger partial charge in [0.1, 0.15) is 0 Å². The zero-order chi connectivity index (χ0) is 17.8. The summed E-state index contributed by atoms with van der Waals surface area (Å²) in [5.41, 5.74) is 8.92. The first-order chi connectivity index (χ1) is 11.9. The van der Waals surface area contributed by atoms with Gasteiger partial charge in [0.05, 0.1) is 5.41 Å². The number of carbonyl (C=O) groups is 2. The molecule has 0 aromatic heterocycles. The molecule has 0 spiro atoms. The molecule has 0 bridgehead atoms. The van der Waals surface area contributed by atoms with E-state index in [4.69, 9.17) is 5.73 Å². The average molecular weight is 334 g/mol. The van der Waals surface area contributed by atoms with Gasteiger partial charge in [0, 0.05) is 18.2 Å². The summed E-state index contributed by atoms with van der Waals surface area (Å²) in [5, 5.41) is 0. The molecule has 2 N–H and O–H groups in total. The minimum atomic E-state index is -0.492. The van der Waals surface area contributed by atoms with Crippen molar-refractivity contribution in [1.29, 1.82) is 0 Å². The normalized spacial score (nSPS) is 27.0. The lowest BCUT2D eigenvalue weighted by molar-refractivity contribution is -0.123. The largest absolute Gasteiger partial charge is 0.369 e. The monoisotopic (exact) mass is 334 g/mol. The number of fused-ring (bicyclic) bond motifs is 1. The van der Waals surface area contributed by atoms with Gasteiger partial charge in [-0.2, -0.15) is 0 Å². The van der Waals surface area contributed by atoms with Crippen molar-refractivity contribution in [3.63, 3.8) is 0 Å². The zero-order valence-corrected chi connectivity index (χ0v) is 14.5. The number of piperidine rings is 1. The third-order valence-corrected chi connectivity index (χ3v) is 5.93. The Hall–Kier alpha value is -2.62. The molecule has 2 aromatic carbocycles. The highest BCUT2D eigenvalue weighted by Crippen LogP contribution is 2.60.